The van der Waals surface area contributed by atoms with Crippen molar-refractivity contribution in [2.75, 3.05) is 13.1 Å². The Hall–Kier alpha value is -2.65. The molecule has 0 aliphatic heterocycles. The second-order valence-corrected chi connectivity index (χ2v) is 7.66. The molecule has 27 heavy (non-hydrogen) atoms. The SMILES string of the molecule is CCCN(CCC)S(=O)(=O)c1ccc(C(=O)ONC(=O)c2ccco2)cc1. The number of hydrogen-bond donors (Lipinski definition) is 1. The fraction of sp³-hybridized carbons (Fsp3) is 0.333. The fourth-order valence-corrected chi connectivity index (χ4v) is 4.00. The number of nitrogens with one attached hydrogen (secondary N) is 1. The molecule has 0 bridgehead atoms. The average molecular weight is 394 g/mol. The predicted molar refractivity (Wildman–Crippen MR) is 97.4 cm³/mol. The lowest BCUT2D eigenvalue weighted by Crippen LogP contribution is -2.32. The van der Waals surface area contributed by atoms with Gasteiger partial charge in [-0.05, 0) is 49.2 Å². The van der Waals surface area contributed by atoms with Crippen LogP contribution in [0.5, 0.6) is 0 Å². The van der Waals surface area contributed by atoms with Gasteiger partial charge in [0.2, 0.25) is 10.0 Å². The summed E-state index contributed by atoms with van der Waals surface area (Å²) in [4.78, 5) is 28.5. The Morgan fingerprint density at radius 3 is 2.22 bits per heavy atom. The van der Waals surface area contributed by atoms with Crippen molar-refractivity contribution in [1.29, 1.82) is 0 Å². The van der Waals surface area contributed by atoms with Crippen molar-refractivity contribution in [2.24, 2.45) is 0 Å². The van der Waals surface area contributed by atoms with E-state index in [0.717, 1.165) is 0 Å². The van der Waals surface area contributed by atoms with Crippen LogP contribution in [0.1, 0.15) is 47.6 Å². The van der Waals surface area contributed by atoms with E-state index in [9.17, 15) is 18.0 Å². The van der Waals surface area contributed by atoms with E-state index < -0.39 is 21.9 Å². The summed E-state index contributed by atoms with van der Waals surface area (Å²) in [5.41, 5.74) is 2.07. The van der Waals surface area contributed by atoms with Gasteiger partial charge in [0, 0.05) is 13.1 Å². The second-order valence-electron chi connectivity index (χ2n) is 5.73. The first-order valence-electron chi connectivity index (χ1n) is 8.55. The number of hydrogen-bond acceptors (Lipinski definition) is 6. The molecule has 0 radical (unpaired) electrons. The van der Waals surface area contributed by atoms with Crippen LogP contribution >= 0.6 is 0 Å². The van der Waals surface area contributed by atoms with E-state index in [1.54, 1.807) is 0 Å². The Kier molecular flexibility index (Phi) is 7.14. The lowest BCUT2D eigenvalue weighted by Gasteiger charge is -2.21. The summed E-state index contributed by atoms with van der Waals surface area (Å²) >= 11 is 0. The number of carbonyl (C=O) groups is 2. The van der Waals surface area contributed by atoms with E-state index in [1.807, 2.05) is 19.3 Å². The van der Waals surface area contributed by atoms with E-state index in [-0.39, 0.29) is 16.2 Å². The summed E-state index contributed by atoms with van der Waals surface area (Å²) in [6.07, 6.45) is 2.73. The minimum Gasteiger partial charge on any atom is -0.459 e. The molecule has 0 aliphatic rings. The van der Waals surface area contributed by atoms with Crippen LogP contribution in [0.2, 0.25) is 0 Å². The van der Waals surface area contributed by atoms with Gasteiger partial charge < -0.3 is 9.25 Å². The Morgan fingerprint density at radius 2 is 1.70 bits per heavy atom. The van der Waals surface area contributed by atoms with Crippen molar-refractivity contribution in [1.82, 2.24) is 9.79 Å². The topological polar surface area (TPSA) is 106 Å². The highest BCUT2D eigenvalue weighted by molar-refractivity contribution is 7.89. The van der Waals surface area contributed by atoms with E-state index >= 15 is 0 Å². The normalized spacial score (nSPS) is 11.4. The molecular formula is C18H22N2O6S. The van der Waals surface area contributed by atoms with Crippen LogP contribution in [0, 0.1) is 0 Å². The van der Waals surface area contributed by atoms with Crippen LogP contribution in [0.25, 0.3) is 0 Å². The minimum absolute atomic E-state index is 0.00354. The van der Waals surface area contributed by atoms with Crippen LogP contribution in [-0.2, 0) is 14.9 Å². The first-order valence-corrected chi connectivity index (χ1v) is 9.99. The van der Waals surface area contributed by atoms with Gasteiger partial charge in [-0.3, -0.25) is 4.79 Å². The molecule has 0 aliphatic carbocycles. The lowest BCUT2D eigenvalue weighted by atomic mass is 10.2. The molecule has 1 N–H and O–H groups in total. The average Bonchev–Trinajstić information content (AvgIpc) is 3.20. The van der Waals surface area contributed by atoms with Crippen molar-refractivity contribution in [3.05, 3.63) is 54.0 Å². The second kappa shape index (κ2) is 9.33. The van der Waals surface area contributed by atoms with Crippen molar-refractivity contribution in [3.63, 3.8) is 0 Å². The molecule has 0 atom stereocenters. The highest BCUT2D eigenvalue weighted by atomic mass is 32.2. The quantitative estimate of drug-likeness (QED) is 0.690. The van der Waals surface area contributed by atoms with Gasteiger partial charge in [0.25, 0.3) is 0 Å². The molecular weight excluding hydrogens is 372 g/mol. The van der Waals surface area contributed by atoms with Gasteiger partial charge in [-0.25, -0.2) is 13.2 Å². The summed E-state index contributed by atoms with van der Waals surface area (Å²) in [6.45, 7) is 4.68. The first kappa shape index (κ1) is 20.7. The van der Waals surface area contributed by atoms with Gasteiger partial charge in [0.1, 0.15) is 0 Å². The van der Waals surface area contributed by atoms with Crippen molar-refractivity contribution in [2.45, 2.75) is 31.6 Å². The molecule has 0 saturated carbocycles. The molecule has 0 unspecified atom stereocenters. The lowest BCUT2D eigenvalue weighted by molar-refractivity contribution is 0.0220. The molecule has 0 fully saturated rings. The molecule has 1 amide bonds. The summed E-state index contributed by atoms with van der Waals surface area (Å²) in [5, 5.41) is 0. The first-order chi connectivity index (χ1) is 12.9. The number of benzene rings is 1. The molecule has 2 aromatic rings. The van der Waals surface area contributed by atoms with Crippen LogP contribution in [0.3, 0.4) is 0 Å². The number of carbonyl (C=O) groups excluding carboxylic acids is 2. The van der Waals surface area contributed by atoms with Gasteiger partial charge in [0.05, 0.1) is 16.7 Å². The van der Waals surface area contributed by atoms with E-state index in [4.69, 9.17) is 9.25 Å². The number of rotatable bonds is 8. The maximum Gasteiger partial charge on any atom is 0.362 e. The van der Waals surface area contributed by atoms with Crippen LogP contribution in [0.4, 0.5) is 0 Å². The number of hydroxylamine groups is 1. The maximum atomic E-state index is 12.7. The fourth-order valence-electron chi connectivity index (χ4n) is 2.37. The smallest absolute Gasteiger partial charge is 0.362 e. The van der Waals surface area contributed by atoms with E-state index in [0.29, 0.717) is 25.9 Å². The van der Waals surface area contributed by atoms with Crippen molar-refractivity contribution >= 4 is 21.9 Å². The van der Waals surface area contributed by atoms with E-state index in [1.165, 1.54) is 47.0 Å². The Balaban J connectivity index is 2.05. The third kappa shape index (κ3) is 5.18. The van der Waals surface area contributed by atoms with Crippen LogP contribution < -0.4 is 5.48 Å². The zero-order valence-corrected chi connectivity index (χ0v) is 16.0. The summed E-state index contributed by atoms with van der Waals surface area (Å²) in [7, 11) is -3.62. The third-order valence-corrected chi connectivity index (χ3v) is 5.57. The number of nitrogens with zero attached hydrogens (tertiary/aromatic N) is 1. The molecule has 2 rings (SSSR count). The largest absolute Gasteiger partial charge is 0.459 e. The molecule has 1 heterocycles. The standard InChI is InChI=1S/C18H22N2O6S/c1-3-11-20(12-4-2)27(23,24)15-9-7-14(8-10-15)18(22)26-19-17(21)16-6-5-13-25-16/h5-10,13H,3-4,11-12H2,1-2H3,(H,19,21). The van der Waals surface area contributed by atoms with Crippen LogP contribution in [0.15, 0.2) is 52.0 Å². The Bertz CT molecular complexity index is 854. The van der Waals surface area contributed by atoms with E-state index in [2.05, 4.69) is 0 Å². The zero-order chi connectivity index (χ0) is 19.9. The van der Waals surface area contributed by atoms with Gasteiger partial charge in [-0.15, -0.1) is 0 Å². The molecule has 0 saturated heterocycles. The Morgan fingerprint density at radius 1 is 1.07 bits per heavy atom. The molecule has 1 aromatic heterocycles. The summed E-state index contributed by atoms with van der Waals surface area (Å²) in [6, 6.07) is 8.31. The minimum atomic E-state index is -3.62. The highest BCUT2D eigenvalue weighted by Crippen LogP contribution is 2.17. The third-order valence-electron chi connectivity index (χ3n) is 3.66. The molecule has 1 aromatic carbocycles. The van der Waals surface area contributed by atoms with Crippen molar-refractivity contribution in [3.8, 4) is 0 Å². The molecule has 0 spiro atoms. The highest BCUT2D eigenvalue weighted by Gasteiger charge is 2.23. The maximum absolute atomic E-state index is 12.7. The predicted octanol–water partition coefficient (Wildman–Crippen LogP) is 2.59. The number of amides is 1. The van der Waals surface area contributed by atoms with Gasteiger partial charge >= 0.3 is 11.9 Å². The van der Waals surface area contributed by atoms with Gasteiger partial charge in [-0.1, -0.05) is 13.8 Å². The van der Waals surface area contributed by atoms with Crippen molar-refractivity contribution < 1.29 is 27.3 Å². The number of sulfonamides is 1. The van der Waals surface area contributed by atoms with Gasteiger partial charge in [-0.2, -0.15) is 9.79 Å². The molecule has 9 heteroatoms. The monoisotopic (exact) mass is 394 g/mol. The summed E-state index contributed by atoms with van der Waals surface area (Å²) in [5.74, 6) is -1.53. The molecule has 146 valence electrons. The zero-order valence-electron chi connectivity index (χ0n) is 15.2. The Labute approximate surface area is 158 Å². The summed E-state index contributed by atoms with van der Waals surface area (Å²) < 4.78 is 31.7. The van der Waals surface area contributed by atoms with Gasteiger partial charge in [0.15, 0.2) is 5.76 Å². The van der Waals surface area contributed by atoms with Crippen LogP contribution in [-0.4, -0.2) is 37.7 Å². The molecule has 8 nitrogen and oxygen atoms in total. The number of furan rings is 1.